The molecule has 1 aromatic heterocycles. The zero-order valence-electron chi connectivity index (χ0n) is 9.41. The SMILES string of the molecule is COCCSCc1c(C)nn(C)c1NN. The smallest absolute Gasteiger partial charge is 0.142 e. The Bertz CT molecular complexity index is 313. The van der Waals surface area contributed by atoms with Gasteiger partial charge in [0, 0.05) is 31.2 Å². The van der Waals surface area contributed by atoms with E-state index in [2.05, 4.69) is 10.5 Å². The van der Waals surface area contributed by atoms with Gasteiger partial charge in [-0.1, -0.05) is 0 Å². The fourth-order valence-electron chi connectivity index (χ4n) is 1.37. The lowest BCUT2D eigenvalue weighted by atomic mass is 10.3. The first-order valence-electron chi connectivity index (χ1n) is 4.76. The van der Waals surface area contributed by atoms with Crippen LogP contribution in [0.1, 0.15) is 11.3 Å². The third-order valence-corrected chi connectivity index (χ3v) is 3.11. The van der Waals surface area contributed by atoms with E-state index < -0.39 is 0 Å². The molecule has 3 N–H and O–H groups in total. The number of thioether (sulfide) groups is 1. The van der Waals surface area contributed by atoms with Crippen LogP contribution >= 0.6 is 11.8 Å². The maximum atomic E-state index is 5.45. The van der Waals surface area contributed by atoms with Crippen molar-refractivity contribution >= 4 is 17.6 Å². The molecule has 1 rings (SSSR count). The molecule has 0 spiro atoms. The van der Waals surface area contributed by atoms with Crippen molar-refractivity contribution in [2.45, 2.75) is 12.7 Å². The lowest BCUT2D eigenvalue weighted by Crippen LogP contribution is -2.12. The number of nitrogens with one attached hydrogen (secondary N) is 1. The van der Waals surface area contributed by atoms with E-state index in [1.165, 1.54) is 5.56 Å². The fourth-order valence-corrected chi connectivity index (χ4v) is 2.35. The van der Waals surface area contributed by atoms with E-state index in [1.54, 1.807) is 11.8 Å². The largest absolute Gasteiger partial charge is 0.384 e. The minimum Gasteiger partial charge on any atom is -0.384 e. The highest BCUT2D eigenvalue weighted by atomic mass is 32.2. The van der Waals surface area contributed by atoms with Gasteiger partial charge in [-0.2, -0.15) is 16.9 Å². The van der Waals surface area contributed by atoms with Crippen LogP contribution in [0, 0.1) is 6.92 Å². The summed E-state index contributed by atoms with van der Waals surface area (Å²) >= 11 is 1.81. The molecule has 0 radical (unpaired) electrons. The normalized spacial score (nSPS) is 10.7. The minimum absolute atomic E-state index is 0.773. The van der Waals surface area contributed by atoms with Gasteiger partial charge in [0.15, 0.2) is 0 Å². The summed E-state index contributed by atoms with van der Waals surface area (Å²) in [5, 5.41) is 4.31. The second-order valence-electron chi connectivity index (χ2n) is 3.23. The average Bonchev–Trinajstić information content (AvgIpc) is 2.48. The highest BCUT2D eigenvalue weighted by molar-refractivity contribution is 7.98. The van der Waals surface area contributed by atoms with Gasteiger partial charge in [0.2, 0.25) is 0 Å². The van der Waals surface area contributed by atoms with Crippen molar-refractivity contribution in [3.05, 3.63) is 11.3 Å². The van der Waals surface area contributed by atoms with Gasteiger partial charge in [0.05, 0.1) is 12.3 Å². The summed E-state index contributed by atoms with van der Waals surface area (Å²) < 4.78 is 6.76. The van der Waals surface area contributed by atoms with Crippen LogP contribution in [0.3, 0.4) is 0 Å². The number of nitrogens with zero attached hydrogens (tertiary/aromatic N) is 2. The molecule has 5 nitrogen and oxygen atoms in total. The molecule has 0 bridgehead atoms. The molecule has 0 saturated carbocycles. The summed E-state index contributed by atoms with van der Waals surface area (Å²) in [6.07, 6.45) is 0. The monoisotopic (exact) mass is 230 g/mol. The quantitative estimate of drug-likeness (QED) is 0.432. The Hall–Kier alpha value is -0.720. The lowest BCUT2D eigenvalue weighted by molar-refractivity contribution is 0.218. The Morgan fingerprint density at radius 3 is 2.93 bits per heavy atom. The van der Waals surface area contributed by atoms with Gasteiger partial charge in [-0.05, 0) is 6.92 Å². The molecule has 1 aromatic rings. The number of methoxy groups -OCH3 is 1. The van der Waals surface area contributed by atoms with E-state index in [0.717, 1.165) is 29.6 Å². The summed E-state index contributed by atoms with van der Waals surface area (Å²) in [5.74, 6) is 8.22. The van der Waals surface area contributed by atoms with Crippen LogP contribution in [0.15, 0.2) is 0 Å². The van der Waals surface area contributed by atoms with Gasteiger partial charge in [-0.25, -0.2) is 5.84 Å². The van der Waals surface area contributed by atoms with E-state index in [0.29, 0.717) is 0 Å². The Labute approximate surface area is 94.3 Å². The number of hydrogen-bond acceptors (Lipinski definition) is 5. The average molecular weight is 230 g/mol. The lowest BCUT2D eigenvalue weighted by Gasteiger charge is -2.05. The van der Waals surface area contributed by atoms with E-state index in [4.69, 9.17) is 10.6 Å². The van der Waals surface area contributed by atoms with Crippen LogP contribution in [-0.4, -0.2) is 29.3 Å². The molecule has 1 heterocycles. The highest BCUT2D eigenvalue weighted by Crippen LogP contribution is 2.22. The number of rotatable bonds is 6. The topological polar surface area (TPSA) is 65.1 Å². The number of nitrogen functional groups attached to an aromatic ring is 1. The second kappa shape index (κ2) is 5.99. The summed E-state index contributed by atoms with van der Waals surface area (Å²) in [6, 6.07) is 0. The molecular weight excluding hydrogens is 212 g/mol. The molecule has 0 saturated heterocycles. The van der Waals surface area contributed by atoms with Crippen LogP contribution in [0.5, 0.6) is 0 Å². The van der Waals surface area contributed by atoms with Crippen LogP contribution in [0.25, 0.3) is 0 Å². The molecule has 15 heavy (non-hydrogen) atoms. The maximum Gasteiger partial charge on any atom is 0.142 e. The molecule has 0 atom stereocenters. The Kier molecular flexibility index (Phi) is 4.93. The van der Waals surface area contributed by atoms with E-state index in [-0.39, 0.29) is 0 Å². The third kappa shape index (κ3) is 3.12. The molecule has 6 heteroatoms. The molecule has 0 aliphatic carbocycles. The number of aromatic nitrogens is 2. The number of hydrogen-bond donors (Lipinski definition) is 2. The minimum atomic E-state index is 0.773. The van der Waals surface area contributed by atoms with Gasteiger partial charge in [-0.3, -0.25) is 4.68 Å². The van der Waals surface area contributed by atoms with Gasteiger partial charge < -0.3 is 10.2 Å². The van der Waals surface area contributed by atoms with Crippen LogP contribution < -0.4 is 11.3 Å². The predicted octanol–water partition coefficient (Wildman–Crippen LogP) is 0.894. The van der Waals surface area contributed by atoms with Crippen molar-refractivity contribution in [3.63, 3.8) is 0 Å². The first-order valence-corrected chi connectivity index (χ1v) is 5.92. The van der Waals surface area contributed by atoms with Gasteiger partial charge in [0.1, 0.15) is 5.82 Å². The first-order chi connectivity index (χ1) is 7.20. The predicted molar refractivity (Wildman–Crippen MR) is 63.8 cm³/mol. The summed E-state index contributed by atoms with van der Waals surface area (Å²) in [5.41, 5.74) is 4.87. The Balaban J connectivity index is 2.59. The Morgan fingerprint density at radius 1 is 1.60 bits per heavy atom. The number of aryl methyl sites for hydroxylation is 2. The third-order valence-electron chi connectivity index (χ3n) is 2.16. The number of hydrazine groups is 1. The van der Waals surface area contributed by atoms with Crippen molar-refractivity contribution in [3.8, 4) is 0 Å². The van der Waals surface area contributed by atoms with E-state index >= 15 is 0 Å². The molecule has 0 aromatic carbocycles. The van der Waals surface area contributed by atoms with Gasteiger partial charge in [-0.15, -0.1) is 0 Å². The van der Waals surface area contributed by atoms with Crippen molar-refractivity contribution < 1.29 is 4.74 Å². The molecule has 0 unspecified atom stereocenters. The van der Waals surface area contributed by atoms with Crippen molar-refractivity contribution in [2.24, 2.45) is 12.9 Å². The zero-order chi connectivity index (χ0) is 11.3. The summed E-state index contributed by atoms with van der Waals surface area (Å²) in [4.78, 5) is 0. The van der Waals surface area contributed by atoms with E-state index in [1.807, 2.05) is 25.7 Å². The number of anilines is 1. The van der Waals surface area contributed by atoms with Crippen molar-refractivity contribution in [1.82, 2.24) is 9.78 Å². The second-order valence-corrected chi connectivity index (χ2v) is 4.33. The number of nitrogens with two attached hydrogens (primary N) is 1. The molecule has 0 amide bonds. The summed E-state index contributed by atoms with van der Waals surface area (Å²) in [6.45, 7) is 2.77. The van der Waals surface area contributed by atoms with Gasteiger partial charge >= 0.3 is 0 Å². The molecule has 0 aliphatic heterocycles. The van der Waals surface area contributed by atoms with Crippen molar-refractivity contribution in [1.29, 1.82) is 0 Å². The standard InChI is InChI=1S/C9H18N4OS/c1-7-8(6-15-5-4-14-3)9(11-10)13(2)12-7/h11H,4-6,10H2,1-3H3. The van der Waals surface area contributed by atoms with E-state index in [9.17, 15) is 0 Å². The zero-order valence-corrected chi connectivity index (χ0v) is 10.2. The first kappa shape index (κ1) is 12.4. The Morgan fingerprint density at radius 2 is 2.33 bits per heavy atom. The molecule has 86 valence electrons. The van der Waals surface area contributed by atoms with Crippen LogP contribution in [0.2, 0.25) is 0 Å². The highest BCUT2D eigenvalue weighted by Gasteiger charge is 2.11. The summed E-state index contributed by atoms with van der Waals surface area (Å²) in [7, 11) is 3.59. The molecule has 0 fully saturated rings. The van der Waals surface area contributed by atoms with Gasteiger partial charge in [0.25, 0.3) is 0 Å². The fraction of sp³-hybridized carbons (Fsp3) is 0.667. The van der Waals surface area contributed by atoms with Crippen LogP contribution in [-0.2, 0) is 17.5 Å². The van der Waals surface area contributed by atoms with Crippen LogP contribution in [0.4, 0.5) is 5.82 Å². The molecule has 0 aliphatic rings. The molecular formula is C9H18N4OS. The van der Waals surface area contributed by atoms with Crippen molar-refractivity contribution in [2.75, 3.05) is 24.9 Å². The number of ether oxygens (including phenoxy) is 1. The maximum absolute atomic E-state index is 5.45.